The highest BCUT2D eigenvalue weighted by molar-refractivity contribution is 6.32. The summed E-state index contributed by atoms with van der Waals surface area (Å²) in [7, 11) is 0. The summed E-state index contributed by atoms with van der Waals surface area (Å²) in [6.07, 6.45) is 0. The Bertz CT molecular complexity index is 390. The fourth-order valence-electron chi connectivity index (χ4n) is 0.852. The first kappa shape index (κ1) is 10.5. The van der Waals surface area contributed by atoms with Crippen LogP contribution in [-0.4, -0.2) is 6.61 Å². The van der Waals surface area contributed by atoms with Crippen molar-refractivity contribution >= 4 is 17.3 Å². The van der Waals surface area contributed by atoms with Crippen LogP contribution >= 0.6 is 11.6 Å². The maximum atomic E-state index is 11.8. The van der Waals surface area contributed by atoms with E-state index in [2.05, 4.69) is 4.74 Å². The first-order valence-electron chi connectivity index (χ1n) is 3.48. The molecule has 1 rings (SSSR count). The van der Waals surface area contributed by atoms with Crippen LogP contribution < -0.4 is 10.5 Å². The Hall–Kier alpha value is -1.54. The van der Waals surface area contributed by atoms with Crippen molar-refractivity contribution in [1.29, 1.82) is 5.26 Å². The number of ether oxygens (including phenoxy) is 1. The van der Waals surface area contributed by atoms with Crippen LogP contribution in [0.25, 0.3) is 0 Å². The minimum Gasteiger partial charge on any atom is -0.433 e. The van der Waals surface area contributed by atoms with Crippen molar-refractivity contribution in [2.45, 2.75) is 6.61 Å². The second-order valence-corrected chi connectivity index (χ2v) is 2.77. The van der Waals surface area contributed by atoms with Gasteiger partial charge in [-0.3, -0.25) is 0 Å². The number of nitrogens with two attached hydrogens (primary N) is 1. The number of hydrogen-bond donors (Lipinski definition) is 1. The summed E-state index contributed by atoms with van der Waals surface area (Å²) in [5, 5.41) is 8.46. The van der Waals surface area contributed by atoms with Crippen LogP contribution in [0.1, 0.15) is 5.56 Å². The number of benzene rings is 1. The number of nitrogen functional groups attached to an aromatic ring is 1. The molecule has 0 bridgehead atoms. The molecule has 0 fully saturated rings. The molecule has 0 aromatic heterocycles. The molecule has 6 heteroatoms. The van der Waals surface area contributed by atoms with Gasteiger partial charge < -0.3 is 10.5 Å². The van der Waals surface area contributed by atoms with Crippen LogP contribution in [0, 0.1) is 11.3 Å². The second-order valence-electron chi connectivity index (χ2n) is 2.36. The molecular weight excluding hydrogens is 214 g/mol. The smallest absolute Gasteiger partial charge is 0.387 e. The molecule has 0 heterocycles. The van der Waals surface area contributed by atoms with Gasteiger partial charge in [0.05, 0.1) is 16.3 Å². The first-order valence-corrected chi connectivity index (χ1v) is 3.86. The molecule has 3 nitrogen and oxygen atoms in total. The van der Waals surface area contributed by atoms with E-state index in [9.17, 15) is 8.78 Å². The van der Waals surface area contributed by atoms with E-state index in [-0.39, 0.29) is 22.0 Å². The van der Waals surface area contributed by atoms with Gasteiger partial charge in [-0.05, 0) is 6.07 Å². The molecule has 14 heavy (non-hydrogen) atoms. The highest BCUT2D eigenvalue weighted by Crippen LogP contribution is 2.30. The Labute approximate surface area is 83.6 Å². The van der Waals surface area contributed by atoms with Crippen molar-refractivity contribution in [1.82, 2.24) is 0 Å². The summed E-state index contributed by atoms with van der Waals surface area (Å²) < 4.78 is 27.7. The molecule has 0 aliphatic rings. The van der Waals surface area contributed by atoms with E-state index in [1.165, 1.54) is 6.07 Å². The zero-order valence-corrected chi connectivity index (χ0v) is 7.55. The largest absolute Gasteiger partial charge is 0.433 e. The number of halogens is 3. The number of nitriles is 1. The molecule has 0 radical (unpaired) electrons. The molecule has 0 saturated carbocycles. The van der Waals surface area contributed by atoms with Crippen LogP contribution in [0.15, 0.2) is 12.1 Å². The zero-order chi connectivity index (χ0) is 10.7. The molecule has 0 saturated heterocycles. The van der Waals surface area contributed by atoms with Gasteiger partial charge in [-0.25, -0.2) is 0 Å². The van der Waals surface area contributed by atoms with E-state index in [1.54, 1.807) is 6.07 Å². The maximum absolute atomic E-state index is 11.8. The summed E-state index contributed by atoms with van der Waals surface area (Å²) in [6.45, 7) is -2.97. The van der Waals surface area contributed by atoms with E-state index in [0.717, 1.165) is 6.07 Å². The van der Waals surface area contributed by atoms with Crippen molar-refractivity contribution in [3.05, 3.63) is 22.7 Å². The van der Waals surface area contributed by atoms with Gasteiger partial charge in [0.2, 0.25) is 0 Å². The molecular formula is C8H5ClF2N2O. The summed E-state index contributed by atoms with van der Waals surface area (Å²) in [6, 6.07) is 4.03. The van der Waals surface area contributed by atoms with Crippen LogP contribution in [-0.2, 0) is 0 Å². The van der Waals surface area contributed by atoms with E-state index < -0.39 is 6.61 Å². The highest BCUT2D eigenvalue weighted by atomic mass is 35.5. The fourth-order valence-corrected chi connectivity index (χ4v) is 1.06. The van der Waals surface area contributed by atoms with E-state index in [4.69, 9.17) is 22.6 Å². The first-order chi connectivity index (χ1) is 6.54. The Morgan fingerprint density at radius 1 is 1.50 bits per heavy atom. The molecule has 0 unspecified atom stereocenters. The predicted molar refractivity (Wildman–Crippen MR) is 47.2 cm³/mol. The molecule has 2 N–H and O–H groups in total. The molecule has 0 atom stereocenters. The van der Waals surface area contributed by atoms with Gasteiger partial charge in [0.1, 0.15) is 11.8 Å². The lowest BCUT2D eigenvalue weighted by atomic mass is 10.2. The number of hydrogen-bond acceptors (Lipinski definition) is 3. The van der Waals surface area contributed by atoms with Crippen molar-refractivity contribution in [2.75, 3.05) is 5.73 Å². The molecule has 0 spiro atoms. The lowest BCUT2D eigenvalue weighted by Gasteiger charge is -2.07. The fraction of sp³-hybridized carbons (Fsp3) is 0.125. The van der Waals surface area contributed by atoms with Crippen LogP contribution in [0.4, 0.5) is 14.5 Å². The topological polar surface area (TPSA) is 59.0 Å². The van der Waals surface area contributed by atoms with Crippen LogP contribution in [0.2, 0.25) is 5.02 Å². The lowest BCUT2D eigenvalue weighted by Crippen LogP contribution is -2.03. The normalized spacial score (nSPS) is 9.93. The van der Waals surface area contributed by atoms with Crippen molar-refractivity contribution < 1.29 is 13.5 Å². The SMILES string of the molecule is N#Cc1cc(Cl)c(OC(F)F)cc1N. The summed E-state index contributed by atoms with van der Waals surface area (Å²) in [5.41, 5.74) is 5.54. The van der Waals surface area contributed by atoms with Gasteiger partial charge in [0, 0.05) is 6.07 Å². The zero-order valence-electron chi connectivity index (χ0n) is 6.80. The van der Waals surface area contributed by atoms with E-state index >= 15 is 0 Å². The number of nitrogens with zero attached hydrogens (tertiary/aromatic N) is 1. The van der Waals surface area contributed by atoms with Gasteiger partial charge in [0.15, 0.2) is 0 Å². The Kier molecular flexibility index (Phi) is 3.10. The van der Waals surface area contributed by atoms with Gasteiger partial charge in [-0.2, -0.15) is 14.0 Å². The summed E-state index contributed by atoms with van der Waals surface area (Å²) in [5.74, 6) is -0.238. The molecule has 1 aromatic carbocycles. The van der Waals surface area contributed by atoms with Gasteiger partial charge in [-0.1, -0.05) is 11.6 Å². The monoisotopic (exact) mass is 218 g/mol. The Morgan fingerprint density at radius 2 is 2.14 bits per heavy atom. The Morgan fingerprint density at radius 3 is 2.64 bits per heavy atom. The van der Waals surface area contributed by atoms with Crippen molar-refractivity contribution in [2.24, 2.45) is 0 Å². The minimum absolute atomic E-state index is 0.0487. The molecule has 0 aliphatic heterocycles. The Balaban J connectivity index is 3.10. The van der Waals surface area contributed by atoms with Gasteiger partial charge in [0.25, 0.3) is 0 Å². The standard InChI is InChI=1S/C8H5ClF2N2O/c9-5-1-4(3-12)6(13)2-7(5)14-8(10)11/h1-2,8H,13H2. The van der Waals surface area contributed by atoms with Crippen molar-refractivity contribution in [3.8, 4) is 11.8 Å². The third kappa shape index (κ3) is 2.24. The van der Waals surface area contributed by atoms with Crippen LogP contribution in [0.3, 0.4) is 0 Å². The maximum Gasteiger partial charge on any atom is 0.387 e. The minimum atomic E-state index is -2.97. The lowest BCUT2D eigenvalue weighted by molar-refractivity contribution is -0.0497. The predicted octanol–water partition coefficient (Wildman–Crippen LogP) is 2.40. The number of alkyl halides is 2. The van der Waals surface area contributed by atoms with E-state index in [1.807, 2.05) is 0 Å². The quantitative estimate of drug-likeness (QED) is 0.776. The average molecular weight is 219 g/mol. The molecule has 74 valence electrons. The highest BCUT2D eigenvalue weighted by Gasteiger charge is 2.11. The molecule has 0 aliphatic carbocycles. The third-order valence-corrected chi connectivity index (χ3v) is 1.74. The third-order valence-electron chi connectivity index (χ3n) is 1.44. The van der Waals surface area contributed by atoms with Gasteiger partial charge >= 0.3 is 6.61 Å². The number of anilines is 1. The molecule has 1 aromatic rings. The van der Waals surface area contributed by atoms with Crippen molar-refractivity contribution in [3.63, 3.8) is 0 Å². The second kappa shape index (κ2) is 4.11. The molecule has 0 amide bonds. The average Bonchev–Trinajstić information content (AvgIpc) is 2.10. The summed E-state index contributed by atoms with van der Waals surface area (Å²) >= 11 is 5.56. The number of rotatable bonds is 2. The van der Waals surface area contributed by atoms with Crippen LogP contribution in [0.5, 0.6) is 5.75 Å². The van der Waals surface area contributed by atoms with Gasteiger partial charge in [-0.15, -0.1) is 0 Å². The summed E-state index contributed by atoms with van der Waals surface area (Å²) in [4.78, 5) is 0. The van der Waals surface area contributed by atoms with E-state index in [0.29, 0.717) is 0 Å².